The highest BCUT2D eigenvalue weighted by atomic mass is 35.5. The second-order valence-corrected chi connectivity index (χ2v) is 7.41. The van der Waals surface area contributed by atoms with Crippen molar-refractivity contribution < 1.29 is 4.79 Å². The summed E-state index contributed by atoms with van der Waals surface area (Å²) in [5.41, 5.74) is 1.02. The number of piperidine rings is 1. The van der Waals surface area contributed by atoms with Crippen molar-refractivity contribution in [1.29, 1.82) is 0 Å². The molecule has 0 unspecified atom stereocenters. The van der Waals surface area contributed by atoms with E-state index in [1.54, 1.807) is 6.07 Å². The molecule has 1 aromatic rings. The molecule has 2 rings (SSSR count). The van der Waals surface area contributed by atoms with Crippen molar-refractivity contribution in [1.82, 2.24) is 10.2 Å². The predicted octanol–water partition coefficient (Wildman–Crippen LogP) is 4.51. The summed E-state index contributed by atoms with van der Waals surface area (Å²) in [6.45, 7) is 6.85. The van der Waals surface area contributed by atoms with Crippen LogP contribution in [0.2, 0.25) is 10.0 Å². The molecule has 1 amide bonds. The molecule has 0 radical (unpaired) electrons. The van der Waals surface area contributed by atoms with Crippen molar-refractivity contribution >= 4 is 29.1 Å². The van der Waals surface area contributed by atoms with Gasteiger partial charge in [-0.15, -0.1) is 0 Å². The number of nitrogens with one attached hydrogen (secondary N) is 1. The number of hydrogen-bond donors (Lipinski definition) is 1. The van der Waals surface area contributed by atoms with E-state index in [1.165, 1.54) is 12.8 Å². The molecular formula is C18H26Cl2N2O. The van der Waals surface area contributed by atoms with Crippen LogP contribution in [0.1, 0.15) is 45.1 Å². The fourth-order valence-corrected chi connectivity index (χ4v) is 3.36. The van der Waals surface area contributed by atoms with E-state index in [1.807, 2.05) is 17.0 Å². The first kappa shape index (κ1) is 18.6. The van der Waals surface area contributed by atoms with Crippen molar-refractivity contribution in [3.05, 3.63) is 33.8 Å². The Kier molecular flexibility index (Phi) is 7.19. The van der Waals surface area contributed by atoms with Gasteiger partial charge in [-0.2, -0.15) is 0 Å². The lowest BCUT2D eigenvalue weighted by Crippen LogP contribution is -2.37. The molecule has 0 spiro atoms. The van der Waals surface area contributed by atoms with E-state index in [4.69, 9.17) is 23.2 Å². The van der Waals surface area contributed by atoms with Gasteiger partial charge in [-0.25, -0.2) is 0 Å². The molecule has 23 heavy (non-hydrogen) atoms. The molecule has 0 aliphatic carbocycles. The van der Waals surface area contributed by atoms with Gasteiger partial charge in [-0.05, 0) is 69.8 Å². The minimum absolute atomic E-state index is 0.171. The molecule has 0 aromatic heterocycles. The second kappa shape index (κ2) is 8.91. The Hall–Kier alpha value is -0.770. The number of benzene rings is 1. The van der Waals surface area contributed by atoms with Crippen LogP contribution in [0.25, 0.3) is 0 Å². The molecule has 3 nitrogen and oxygen atoms in total. The van der Waals surface area contributed by atoms with E-state index in [9.17, 15) is 4.79 Å². The first-order chi connectivity index (χ1) is 11.0. The molecule has 1 aromatic carbocycles. The molecule has 5 heteroatoms. The lowest BCUT2D eigenvalue weighted by Gasteiger charge is -2.29. The van der Waals surface area contributed by atoms with Gasteiger partial charge in [0.15, 0.2) is 0 Å². The summed E-state index contributed by atoms with van der Waals surface area (Å²) in [5.74, 6) is 0.906. The maximum Gasteiger partial charge on any atom is 0.223 e. The quantitative estimate of drug-likeness (QED) is 0.812. The molecule has 1 N–H and O–H groups in total. The highest BCUT2D eigenvalue weighted by Gasteiger charge is 2.20. The summed E-state index contributed by atoms with van der Waals surface area (Å²) >= 11 is 12.0. The Morgan fingerprint density at radius 3 is 2.57 bits per heavy atom. The molecule has 1 heterocycles. The van der Waals surface area contributed by atoms with Gasteiger partial charge in [0.05, 0.1) is 10.0 Å². The van der Waals surface area contributed by atoms with Crippen LogP contribution in [0.4, 0.5) is 0 Å². The van der Waals surface area contributed by atoms with Crippen LogP contribution in [-0.2, 0) is 11.3 Å². The molecule has 1 saturated heterocycles. The molecule has 1 aliphatic heterocycles. The Bertz CT molecular complexity index is 528. The summed E-state index contributed by atoms with van der Waals surface area (Å²) < 4.78 is 0. The van der Waals surface area contributed by atoms with Gasteiger partial charge >= 0.3 is 0 Å². The van der Waals surface area contributed by atoms with E-state index in [2.05, 4.69) is 19.2 Å². The number of carbonyl (C=O) groups excluding carboxylic acids is 1. The minimum Gasteiger partial charge on any atom is -0.336 e. The summed E-state index contributed by atoms with van der Waals surface area (Å²) in [7, 11) is 0. The largest absolute Gasteiger partial charge is 0.336 e. The van der Waals surface area contributed by atoms with E-state index >= 15 is 0 Å². The first-order valence-corrected chi connectivity index (χ1v) is 9.17. The van der Waals surface area contributed by atoms with Gasteiger partial charge in [0.1, 0.15) is 0 Å². The number of halogens is 2. The lowest BCUT2D eigenvalue weighted by molar-refractivity contribution is -0.133. The van der Waals surface area contributed by atoms with Crippen LogP contribution in [0.15, 0.2) is 18.2 Å². The fraction of sp³-hybridized carbons (Fsp3) is 0.611. The maximum atomic E-state index is 12.6. The lowest BCUT2D eigenvalue weighted by atomic mass is 9.93. The Morgan fingerprint density at radius 1 is 1.26 bits per heavy atom. The summed E-state index contributed by atoms with van der Waals surface area (Å²) in [4.78, 5) is 14.6. The normalized spacial score (nSPS) is 15.9. The number of rotatable bonds is 6. The Morgan fingerprint density at radius 2 is 1.96 bits per heavy atom. The third-order valence-electron chi connectivity index (χ3n) is 4.51. The zero-order valence-electron chi connectivity index (χ0n) is 13.9. The van der Waals surface area contributed by atoms with Gasteiger partial charge in [-0.3, -0.25) is 4.79 Å². The molecule has 1 fully saturated rings. The van der Waals surface area contributed by atoms with Gasteiger partial charge in [0, 0.05) is 19.0 Å². The Labute approximate surface area is 149 Å². The summed E-state index contributed by atoms with van der Waals surface area (Å²) in [6.07, 6.45) is 3.98. The highest BCUT2D eigenvalue weighted by molar-refractivity contribution is 6.42. The smallest absolute Gasteiger partial charge is 0.223 e. The van der Waals surface area contributed by atoms with Crippen LogP contribution in [0.5, 0.6) is 0 Å². The standard InChI is InChI=1S/C18H26Cl2N2O/c1-13(2)22(12-15-3-5-16(19)17(20)11-15)18(23)6-4-14-7-9-21-10-8-14/h3,5,11,13-14,21H,4,6-10,12H2,1-2H3. The number of hydrogen-bond acceptors (Lipinski definition) is 2. The van der Waals surface area contributed by atoms with Crippen LogP contribution < -0.4 is 5.32 Å². The summed E-state index contributed by atoms with van der Waals surface area (Å²) in [6, 6.07) is 5.74. The SMILES string of the molecule is CC(C)N(Cc1ccc(Cl)c(Cl)c1)C(=O)CCC1CCNCC1. The molecule has 0 bridgehead atoms. The first-order valence-electron chi connectivity index (χ1n) is 8.41. The predicted molar refractivity (Wildman–Crippen MR) is 97.0 cm³/mol. The zero-order chi connectivity index (χ0) is 16.8. The van der Waals surface area contributed by atoms with E-state index < -0.39 is 0 Å². The van der Waals surface area contributed by atoms with Crippen molar-refractivity contribution in [3.63, 3.8) is 0 Å². The zero-order valence-corrected chi connectivity index (χ0v) is 15.5. The maximum absolute atomic E-state index is 12.6. The van der Waals surface area contributed by atoms with Gasteiger partial charge < -0.3 is 10.2 Å². The molecule has 1 aliphatic rings. The Balaban J connectivity index is 1.93. The van der Waals surface area contributed by atoms with Gasteiger partial charge in [-0.1, -0.05) is 29.3 Å². The van der Waals surface area contributed by atoms with E-state index in [0.717, 1.165) is 25.1 Å². The third kappa shape index (κ3) is 5.66. The molecule has 0 atom stereocenters. The monoisotopic (exact) mass is 356 g/mol. The molecule has 128 valence electrons. The average molecular weight is 357 g/mol. The van der Waals surface area contributed by atoms with Crippen LogP contribution in [0.3, 0.4) is 0 Å². The van der Waals surface area contributed by atoms with E-state index in [-0.39, 0.29) is 11.9 Å². The van der Waals surface area contributed by atoms with E-state index in [0.29, 0.717) is 28.9 Å². The number of carbonyl (C=O) groups is 1. The highest BCUT2D eigenvalue weighted by Crippen LogP contribution is 2.24. The average Bonchev–Trinajstić information content (AvgIpc) is 2.54. The van der Waals surface area contributed by atoms with Crippen LogP contribution in [-0.4, -0.2) is 29.9 Å². The topological polar surface area (TPSA) is 32.3 Å². The van der Waals surface area contributed by atoms with Crippen LogP contribution in [0, 0.1) is 5.92 Å². The third-order valence-corrected chi connectivity index (χ3v) is 5.24. The molecular weight excluding hydrogens is 331 g/mol. The van der Waals surface area contributed by atoms with Crippen molar-refractivity contribution in [2.24, 2.45) is 5.92 Å². The van der Waals surface area contributed by atoms with Crippen molar-refractivity contribution in [2.75, 3.05) is 13.1 Å². The van der Waals surface area contributed by atoms with Gasteiger partial charge in [0.25, 0.3) is 0 Å². The molecule has 0 saturated carbocycles. The number of nitrogens with zero attached hydrogens (tertiary/aromatic N) is 1. The second-order valence-electron chi connectivity index (χ2n) is 6.60. The van der Waals surface area contributed by atoms with Crippen molar-refractivity contribution in [2.45, 2.75) is 52.1 Å². The summed E-state index contributed by atoms with van der Waals surface area (Å²) in [5, 5.41) is 4.45. The van der Waals surface area contributed by atoms with Gasteiger partial charge in [0.2, 0.25) is 5.91 Å². The minimum atomic E-state index is 0.171. The fourth-order valence-electron chi connectivity index (χ4n) is 3.04. The number of amides is 1. The van der Waals surface area contributed by atoms with Crippen LogP contribution >= 0.6 is 23.2 Å². The van der Waals surface area contributed by atoms with Crippen molar-refractivity contribution in [3.8, 4) is 0 Å².